The van der Waals surface area contributed by atoms with Crippen LogP contribution in [0.15, 0.2) is 264 Å². The van der Waals surface area contributed by atoms with Crippen molar-refractivity contribution in [3.05, 3.63) is 309 Å². The zero-order chi connectivity index (χ0) is 81.5. The highest BCUT2D eigenvalue weighted by Gasteiger charge is 2.52. The topological polar surface area (TPSA) is 308 Å². The van der Waals surface area contributed by atoms with E-state index >= 15 is 0 Å². The van der Waals surface area contributed by atoms with Crippen molar-refractivity contribution in [1.82, 2.24) is 73.9 Å². The van der Waals surface area contributed by atoms with Crippen molar-refractivity contribution in [2.24, 2.45) is 5.73 Å². The molecule has 2 amide bonds. The predicted octanol–water partition coefficient (Wildman–Crippen LogP) is 17.4. The standard InChI is InChI=1S/C25H15F4N5O.C20H20BF4NO3.2C11H7BrN4.C6H7BrN2.C5H4N2O2.BrH/c26-16-6-8-17(9-7-16)32-24(35)19-13-15(5-10-20(19)25(27,28)29)18-3-2-12-34-22(18)14-30-23(34)21-4-1-11-31-33-21;1-18(2)19(3,4)29-21(28-18)12-5-10-16(20(23,24)25)15(11-12)17(27)26-14-8-6-13(22)7-9-14;2*12-8-3-2-6-16-10(8)7-13-11(16)9-4-1-5-14-15-9;7-5-2-1-3-9-6(5)4-8;8-5(9)4-2-1-3-6-7-4;/h1-14H,(H,32,35);5-11H,1-4H3,(H,26,27);2*1-7H;1-3H,4,8H2;1-3H,(H,8,9);1H. The number of nitrogens with zero attached hydrogens (tertiary/aromatic N) is 15. The SMILES string of the molecule is Br.Brc1cccn2c(-c3cccnn3)ncc12.Brc1cccn2c(-c3cccnn3)ncc12.CC1(C)OB(c2ccc(C(F)(F)F)c(C(=O)Nc3ccc(F)cc3)c2)OC1(C)C.NCc1ncccc1Br.O=C(Nc1ccc(F)cc1)c1cc(-c2cccn3c(-c4cccnn4)ncc23)ccc1C(F)(F)F.O=C(O)c1cccnn1. The van der Waals surface area contributed by atoms with Crippen LogP contribution >= 0.6 is 64.8 Å². The number of carboxylic acid groups (broad SMARTS) is 1. The molecule has 5 N–H and O–H groups in total. The van der Waals surface area contributed by atoms with E-state index in [1.165, 1.54) is 67.0 Å². The molecule has 16 rings (SSSR count). The lowest BCUT2D eigenvalue weighted by Crippen LogP contribution is -2.41. The van der Waals surface area contributed by atoms with Crippen LogP contribution in [0.2, 0.25) is 0 Å². The number of pyridine rings is 4. The maximum atomic E-state index is 13.7. The number of fused-ring (bicyclic) bond motifs is 3. The summed E-state index contributed by atoms with van der Waals surface area (Å²) in [4.78, 5) is 52.7. The third-order valence-electron chi connectivity index (χ3n) is 17.0. The maximum absolute atomic E-state index is 13.7. The lowest BCUT2D eigenvalue weighted by molar-refractivity contribution is -0.138. The van der Waals surface area contributed by atoms with E-state index in [9.17, 15) is 49.5 Å². The molecular weight excluding hydrogens is 1770 g/mol. The summed E-state index contributed by atoms with van der Waals surface area (Å²) in [5.74, 6) is -1.95. The molecule has 586 valence electrons. The van der Waals surface area contributed by atoms with Gasteiger partial charge in [0.25, 0.3) is 11.8 Å². The Hall–Kier alpha value is -11.9. The third-order valence-corrected chi connectivity index (χ3v) is 19.1. The summed E-state index contributed by atoms with van der Waals surface area (Å²) in [6.45, 7) is 7.76. The number of hydrogen-bond acceptors (Lipinski definition) is 18. The zero-order valence-electron chi connectivity index (χ0n) is 60.3. The molecule has 0 saturated carbocycles. The van der Waals surface area contributed by atoms with Crippen molar-refractivity contribution in [1.29, 1.82) is 0 Å². The van der Waals surface area contributed by atoms with Gasteiger partial charge in [0.2, 0.25) is 0 Å². The number of benzene rings is 4. The Morgan fingerprint density at radius 1 is 0.487 bits per heavy atom. The Kier molecular flexibility index (Phi) is 28.2. The van der Waals surface area contributed by atoms with Crippen LogP contribution in [0.3, 0.4) is 0 Å². The van der Waals surface area contributed by atoms with E-state index in [-0.39, 0.29) is 34.1 Å². The van der Waals surface area contributed by atoms with Crippen LogP contribution < -0.4 is 21.8 Å². The van der Waals surface area contributed by atoms with Gasteiger partial charge in [0.05, 0.1) is 74.3 Å². The zero-order valence-corrected chi connectivity index (χ0v) is 66.8. The molecule has 0 radical (unpaired) electrons. The van der Waals surface area contributed by atoms with Crippen molar-refractivity contribution in [2.75, 3.05) is 10.6 Å². The first kappa shape index (κ1) is 85.6. The van der Waals surface area contributed by atoms with Gasteiger partial charge in [-0.1, -0.05) is 18.2 Å². The van der Waals surface area contributed by atoms with Gasteiger partial charge in [-0.05, 0) is 250 Å². The van der Waals surface area contributed by atoms with Gasteiger partial charge < -0.3 is 30.8 Å². The van der Waals surface area contributed by atoms with Crippen LogP contribution in [0.5, 0.6) is 0 Å². The number of nitrogens with two attached hydrogens (primary N) is 1. The van der Waals surface area contributed by atoms with Crippen LogP contribution in [0.1, 0.15) is 75.7 Å². The first-order valence-corrected chi connectivity index (χ1v) is 36.1. The van der Waals surface area contributed by atoms with Crippen molar-refractivity contribution >= 4 is 123 Å². The fraction of sp³-hybridized carbons (Fsp3) is 0.115. The van der Waals surface area contributed by atoms with Gasteiger partial charge in [0.1, 0.15) is 28.7 Å². The number of amides is 2. The summed E-state index contributed by atoms with van der Waals surface area (Å²) in [5, 5.41) is 43.5. The Bertz CT molecular complexity index is 5720. The van der Waals surface area contributed by atoms with E-state index in [0.717, 1.165) is 95.6 Å². The molecule has 1 saturated heterocycles. The summed E-state index contributed by atoms with van der Waals surface area (Å²) >= 11 is 10.3. The fourth-order valence-electron chi connectivity index (χ4n) is 10.8. The maximum Gasteiger partial charge on any atom is 0.494 e. The summed E-state index contributed by atoms with van der Waals surface area (Å²) < 4.78 is 128. The molecule has 0 bridgehead atoms. The van der Waals surface area contributed by atoms with Gasteiger partial charge in [0, 0.05) is 86.5 Å². The smallest absolute Gasteiger partial charge is 0.476 e. The molecular formula is C78H61BBr4F8N18O6. The van der Waals surface area contributed by atoms with Gasteiger partial charge in [-0.25, -0.2) is 28.5 Å². The molecule has 0 atom stereocenters. The van der Waals surface area contributed by atoms with Crippen LogP contribution in [0.4, 0.5) is 46.5 Å². The van der Waals surface area contributed by atoms with Gasteiger partial charge in [-0.2, -0.15) is 46.7 Å². The van der Waals surface area contributed by atoms with E-state index < -0.39 is 82.3 Å². The van der Waals surface area contributed by atoms with Gasteiger partial charge in [-0.15, -0.1) is 37.4 Å². The summed E-state index contributed by atoms with van der Waals surface area (Å²) in [7, 11) is -0.917. The summed E-state index contributed by atoms with van der Waals surface area (Å²) in [6.07, 6.45) is 9.36. The first-order valence-electron chi connectivity index (χ1n) is 33.7. The molecule has 12 heterocycles. The molecule has 0 aliphatic carbocycles. The number of hydrogen-bond donors (Lipinski definition) is 4. The second-order valence-electron chi connectivity index (χ2n) is 25.1. The number of anilines is 2. The normalized spacial score (nSPS) is 12.5. The number of nitrogens with one attached hydrogen (secondary N) is 2. The molecule has 115 heavy (non-hydrogen) atoms. The highest BCUT2D eigenvalue weighted by Crippen LogP contribution is 2.40. The quantitative estimate of drug-likeness (QED) is 0.0690. The number of rotatable bonds is 11. The van der Waals surface area contributed by atoms with Gasteiger partial charge in [0.15, 0.2) is 23.2 Å². The van der Waals surface area contributed by atoms with E-state index in [2.05, 4.69) is 119 Å². The highest BCUT2D eigenvalue weighted by molar-refractivity contribution is 9.11. The van der Waals surface area contributed by atoms with Crippen molar-refractivity contribution in [3.8, 4) is 45.7 Å². The molecule has 37 heteroatoms. The molecule has 1 aliphatic rings. The summed E-state index contributed by atoms with van der Waals surface area (Å²) in [5.41, 5.74) is 7.84. The predicted molar refractivity (Wildman–Crippen MR) is 430 cm³/mol. The van der Waals surface area contributed by atoms with E-state index in [1.807, 2.05) is 122 Å². The van der Waals surface area contributed by atoms with E-state index in [0.29, 0.717) is 40.2 Å². The fourth-order valence-corrected chi connectivity index (χ4v) is 12.1. The Labute approximate surface area is 685 Å². The van der Waals surface area contributed by atoms with Crippen molar-refractivity contribution in [2.45, 2.75) is 57.8 Å². The molecule has 1 fully saturated rings. The minimum absolute atomic E-state index is 0. The lowest BCUT2D eigenvalue weighted by Gasteiger charge is -2.32. The Morgan fingerprint density at radius 2 is 0.887 bits per heavy atom. The monoisotopic (exact) mass is 1820 g/mol. The minimum atomic E-state index is -4.75. The lowest BCUT2D eigenvalue weighted by atomic mass is 9.77. The number of carboxylic acids is 1. The van der Waals surface area contributed by atoms with Crippen molar-refractivity contribution < 1.29 is 63.9 Å². The second kappa shape index (κ2) is 37.8. The summed E-state index contributed by atoms with van der Waals surface area (Å²) in [6, 6.07) is 45.0. The molecule has 11 aromatic heterocycles. The first-order chi connectivity index (χ1) is 54.5. The Balaban J connectivity index is 0.000000156. The number of carbonyl (C=O) groups is 3. The third kappa shape index (κ3) is 21.3. The molecule has 24 nitrogen and oxygen atoms in total. The van der Waals surface area contributed by atoms with Crippen LogP contribution in [0.25, 0.3) is 62.2 Å². The number of aromatic carboxylic acids is 1. The number of alkyl halides is 6. The number of imidazole rings is 3. The molecule has 1 aliphatic heterocycles. The molecule has 0 spiro atoms. The average molecular weight is 1830 g/mol. The molecule has 4 aromatic carbocycles. The molecule has 0 unspecified atom stereocenters. The Morgan fingerprint density at radius 3 is 1.28 bits per heavy atom. The largest absolute Gasteiger partial charge is 0.494 e. The van der Waals surface area contributed by atoms with Gasteiger partial charge in [-0.3, -0.25) is 27.8 Å². The second-order valence-corrected chi connectivity index (χ2v) is 27.7. The van der Waals surface area contributed by atoms with Crippen molar-refractivity contribution in [3.63, 3.8) is 0 Å². The van der Waals surface area contributed by atoms with Gasteiger partial charge >= 0.3 is 25.4 Å². The number of carbonyl (C=O) groups excluding carboxylic acids is 2. The minimum Gasteiger partial charge on any atom is -0.476 e. The van der Waals surface area contributed by atoms with E-state index in [4.69, 9.17) is 20.1 Å². The van der Waals surface area contributed by atoms with Crippen LogP contribution in [0, 0.1) is 11.6 Å². The number of halogens is 12. The average Bonchev–Trinajstić information content (AvgIpc) is 1.67. The molecule has 15 aromatic rings. The van der Waals surface area contributed by atoms with Crippen LogP contribution in [-0.2, 0) is 28.2 Å². The van der Waals surface area contributed by atoms with E-state index in [1.54, 1.807) is 59.7 Å². The van der Waals surface area contributed by atoms with Crippen LogP contribution in [-0.4, -0.2) is 115 Å². The number of aromatic nitrogens is 15. The highest BCUT2D eigenvalue weighted by atomic mass is 79.9.